The van der Waals surface area contributed by atoms with Crippen molar-refractivity contribution in [1.29, 1.82) is 0 Å². The van der Waals surface area contributed by atoms with Crippen molar-refractivity contribution >= 4 is 45.2 Å². The van der Waals surface area contributed by atoms with Gasteiger partial charge in [0.1, 0.15) is 5.01 Å². The Morgan fingerprint density at radius 3 is 2.87 bits per heavy atom. The first kappa shape index (κ1) is 15.9. The molecule has 1 aromatic carbocycles. The molecule has 0 fully saturated rings. The first-order valence-electron chi connectivity index (χ1n) is 7.27. The predicted molar refractivity (Wildman–Crippen MR) is 92.8 cm³/mol. The molecule has 0 saturated carbocycles. The number of hydrogen-bond acceptors (Lipinski definition) is 5. The van der Waals surface area contributed by atoms with E-state index < -0.39 is 0 Å². The first-order chi connectivity index (χ1) is 11.0. The number of thioether (sulfide) groups is 1. The minimum absolute atomic E-state index is 0.0832. The lowest BCUT2D eigenvalue weighted by Crippen LogP contribution is -2.29. The second kappa shape index (κ2) is 6.67. The van der Waals surface area contributed by atoms with Crippen molar-refractivity contribution < 1.29 is 9.36 Å². The van der Waals surface area contributed by atoms with Gasteiger partial charge in [-0.3, -0.25) is 10.1 Å². The summed E-state index contributed by atoms with van der Waals surface area (Å²) in [4.78, 5) is 15.4. The van der Waals surface area contributed by atoms with Crippen LogP contribution in [-0.4, -0.2) is 26.8 Å². The standard InChI is InChI=1S/C15H17N5OS2/c1-9(2)13-18-19-14(23-13)17-12(21)8-22-15-16-10-6-4-5-7-11(10)20(15)3/h4-7,9H,8H2,1-3H3,(H,17,19,21)/p+1. The number of nitrogens with zero attached hydrogens (tertiary/aromatic N) is 3. The summed E-state index contributed by atoms with van der Waals surface area (Å²) in [5, 5.41) is 13.3. The van der Waals surface area contributed by atoms with E-state index in [-0.39, 0.29) is 5.91 Å². The molecule has 0 aliphatic carbocycles. The number of fused-ring (bicyclic) bond motifs is 1. The number of aromatic nitrogens is 4. The molecule has 0 bridgehead atoms. The van der Waals surface area contributed by atoms with E-state index in [0.717, 1.165) is 21.2 Å². The number of anilines is 1. The summed E-state index contributed by atoms with van der Waals surface area (Å²) in [7, 11) is 1.98. The lowest BCUT2D eigenvalue weighted by molar-refractivity contribution is -0.683. The van der Waals surface area contributed by atoms with Crippen molar-refractivity contribution in [3.63, 3.8) is 0 Å². The van der Waals surface area contributed by atoms with Gasteiger partial charge in [0.15, 0.2) is 11.0 Å². The maximum Gasteiger partial charge on any atom is 0.317 e. The zero-order chi connectivity index (χ0) is 16.4. The van der Waals surface area contributed by atoms with Crippen LogP contribution in [-0.2, 0) is 11.8 Å². The monoisotopic (exact) mass is 348 g/mol. The highest BCUT2D eigenvalue weighted by molar-refractivity contribution is 7.99. The maximum atomic E-state index is 12.1. The number of carbonyl (C=O) groups excluding carboxylic acids is 1. The third kappa shape index (κ3) is 3.53. The largest absolute Gasteiger partial charge is 0.317 e. The second-order valence-electron chi connectivity index (χ2n) is 5.44. The van der Waals surface area contributed by atoms with Crippen LogP contribution in [0.5, 0.6) is 0 Å². The van der Waals surface area contributed by atoms with Crippen LogP contribution >= 0.6 is 23.1 Å². The van der Waals surface area contributed by atoms with Crippen LogP contribution < -0.4 is 9.88 Å². The van der Waals surface area contributed by atoms with Crippen LogP contribution in [0.25, 0.3) is 11.0 Å². The zero-order valence-electron chi connectivity index (χ0n) is 13.2. The molecule has 2 heterocycles. The SMILES string of the molecule is CC(C)c1nnc(NC(=O)CSc2[nH]c3ccccc3[n+]2C)s1. The van der Waals surface area contributed by atoms with E-state index in [1.165, 1.54) is 23.1 Å². The highest BCUT2D eigenvalue weighted by Crippen LogP contribution is 2.23. The summed E-state index contributed by atoms with van der Waals surface area (Å²) in [6.45, 7) is 4.11. The van der Waals surface area contributed by atoms with Crippen molar-refractivity contribution in [2.45, 2.75) is 24.9 Å². The molecule has 6 nitrogen and oxygen atoms in total. The highest BCUT2D eigenvalue weighted by Gasteiger charge is 2.17. The third-order valence-electron chi connectivity index (χ3n) is 3.33. The van der Waals surface area contributed by atoms with Crippen molar-refractivity contribution in [3.8, 4) is 0 Å². The Kier molecular flexibility index (Phi) is 4.63. The molecule has 2 N–H and O–H groups in total. The van der Waals surface area contributed by atoms with Gasteiger partial charge >= 0.3 is 5.16 Å². The van der Waals surface area contributed by atoms with E-state index in [1.807, 2.05) is 31.3 Å². The third-order valence-corrected chi connectivity index (χ3v) is 5.53. The normalized spacial score (nSPS) is 11.3. The van der Waals surface area contributed by atoms with E-state index in [1.54, 1.807) is 0 Å². The molecule has 0 aliphatic heterocycles. The number of carbonyl (C=O) groups is 1. The van der Waals surface area contributed by atoms with E-state index >= 15 is 0 Å². The van der Waals surface area contributed by atoms with Gasteiger partial charge in [0, 0.05) is 5.92 Å². The van der Waals surface area contributed by atoms with Gasteiger partial charge in [0.25, 0.3) is 0 Å². The van der Waals surface area contributed by atoms with Crippen LogP contribution in [0.3, 0.4) is 0 Å². The zero-order valence-corrected chi connectivity index (χ0v) is 14.8. The first-order valence-corrected chi connectivity index (χ1v) is 9.07. The van der Waals surface area contributed by atoms with Gasteiger partial charge < -0.3 is 0 Å². The topological polar surface area (TPSA) is 74.5 Å². The Labute approximate surface area is 142 Å². The molecule has 120 valence electrons. The summed E-state index contributed by atoms with van der Waals surface area (Å²) in [5.41, 5.74) is 2.17. The fourth-order valence-corrected chi connectivity index (χ4v) is 3.70. The molecule has 2 aromatic heterocycles. The average molecular weight is 348 g/mol. The Morgan fingerprint density at radius 2 is 2.17 bits per heavy atom. The molecule has 0 radical (unpaired) electrons. The van der Waals surface area contributed by atoms with E-state index in [0.29, 0.717) is 16.8 Å². The number of benzene rings is 1. The van der Waals surface area contributed by atoms with Gasteiger partial charge in [-0.2, -0.15) is 0 Å². The molecule has 0 unspecified atom stereocenters. The molecule has 0 saturated heterocycles. The fraction of sp³-hybridized carbons (Fsp3) is 0.333. The van der Waals surface area contributed by atoms with Crippen LogP contribution in [0.2, 0.25) is 0 Å². The summed E-state index contributed by atoms with van der Waals surface area (Å²) < 4.78 is 2.05. The molecule has 0 spiro atoms. The van der Waals surface area contributed by atoms with Crippen molar-refractivity contribution in [1.82, 2.24) is 15.2 Å². The number of H-pyrrole nitrogens is 1. The van der Waals surface area contributed by atoms with Gasteiger partial charge in [-0.05, 0) is 23.9 Å². The number of hydrogen-bond donors (Lipinski definition) is 2. The van der Waals surface area contributed by atoms with E-state index in [9.17, 15) is 4.79 Å². The Morgan fingerprint density at radius 1 is 1.39 bits per heavy atom. The van der Waals surface area contributed by atoms with Gasteiger partial charge in [0.05, 0.1) is 12.8 Å². The number of imidazole rings is 1. The lowest BCUT2D eigenvalue weighted by atomic mass is 10.2. The van der Waals surface area contributed by atoms with Crippen LogP contribution in [0.4, 0.5) is 5.13 Å². The number of aryl methyl sites for hydroxylation is 1. The number of aromatic amines is 1. The van der Waals surface area contributed by atoms with Gasteiger partial charge in [-0.1, -0.05) is 37.3 Å². The number of para-hydroxylation sites is 2. The van der Waals surface area contributed by atoms with Gasteiger partial charge in [0.2, 0.25) is 11.0 Å². The van der Waals surface area contributed by atoms with Crippen molar-refractivity contribution in [2.24, 2.45) is 7.05 Å². The highest BCUT2D eigenvalue weighted by atomic mass is 32.2. The predicted octanol–water partition coefficient (Wildman–Crippen LogP) is 2.70. The minimum atomic E-state index is -0.0832. The number of amides is 1. The quantitative estimate of drug-likeness (QED) is 0.549. The number of rotatable bonds is 5. The average Bonchev–Trinajstić information content (AvgIpc) is 3.11. The molecule has 0 aliphatic rings. The summed E-state index contributed by atoms with van der Waals surface area (Å²) in [5.74, 6) is 0.551. The smallest absolute Gasteiger partial charge is 0.300 e. The van der Waals surface area contributed by atoms with Crippen LogP contribution in [0.15, 0.2) is 29.4 Å². The van der Waals surface area contributed by atoms with Crippen molar-refractivity contribution in [2.75, 3.05) is 11.1 Å². The molecule has 0 atom stereocenters. The molecule has 23 heavy (non-hydrogen) atoms. The molecular formula is C15H18N5OS2+. The number of nitrogens with one attached hydrogen (secondary N) is 2. The van der Waals surface area contributed by atoms with Crippen molar-refractivity contribution in [3.05, 3.63) is 29.3 Å². The maximum absolute atomic E-state index is 12.1. The van der Waals surface area contributed by atoms with Crippen LogP contribution in [0.1, 0.15) is 24.8 Å². The molecule has 8 heteroatoms. The molecule has 3 rings (SSSR count). The molecule has 3 aromatic rings. The summed E-state index contributed by atoms with van der Waals surface area (Å²) >= 11 is 2.89. The molecular weight excluding hydrogens is 330 g/mol. The molecule has 1 amide bonds. The van der Waals surface area contributed by atoms with Crippen LogP contribution in [0, 0.1) is 0 Å². The van der Waals surface area contributed by atoms with E-state index in [2.05, 4.69) is 38.9 Å². The van der Waals surface area contributed by atoms with Gasteiger partial charge in [-0.25, -0.2) is 9.55 Å². The minimum Gasteiger partial charge on any atom is -0.300 e. The fourth-order valence-electron chi connectivity index (χ4n) is 2.12. The Bertz CT molecular complexity index is 839. The van der Waals surface area contributed by atoms with E-state index in [4.69, 9.17) is 0 Å². The summed E-state index contributed by atoms with van der Waals surface area (Å²) in [6.07, 6.45) is 0. The van der Waals surface area contributed by atoms with Gasteiger partial charge in [-0.15, -0.1) is 10.2 Å². The second-order valence-corrected chi connectivity index (χ2v) is 7.42. The lowest BCUT2D eigenvalue weighted by Gasteiger charge is -1.99. The Balaban J connectivity index is 1.62. The Hall–Kier alpha value is -1.93. The summed E-state index contributed by atoms with van der Waals surface area (Å²) in [6, 6.07) is 8.06.